The Kier molecular flexibility index (Phi) is 3.44. The Balaban J connectivity index is 2.31. The summed E-state index contributed by atoms with van der Waals surface area (Å²) >= 11 is 6.00. The van der Waals surface area contributed by atoms with Gasteiger partial charge in [0.15, 0.2) is 5.75 Å². The zero-order valence-corrected chi connectivity index (χ0v) is 10.1. The number of benzene rings is 1. The van der Waals surface area contributed by atoms with Gasteiger partial charge in [0.25, 0.3) is 0 Å². The van der Waals surface area contributed by atoms with Gasteiger partial charge in [-0.15, -0.1) is 0 Å². The maximum absolute atomic E-state index is 6.00. The molecule has 2 aromatic rings. The fourth-order valence-electron chi connectivity index (χ4n) is 1.36. The molecule has 0 amide bonds. The van der Waals surface area contributed by atoms with Gasteiger partial charge >= 0.3 is 0 Å². The van der Waals surface area contributed by atoms with E-state index in [0.29, 0.717) is 22.3 Å². The topological polar surface area (TPSA) is 61.0 Å². The number of halogens is 1. The molecular weight excluding hydrogens is 238 g/mol. The molecule has 4 nitrogen and oxygen atoms in total. The Bertz CT molecular complexity index is 511. The highest BCUT2D eigenvalue weighted by molar-refractivity contribution is 6.32. The lowest BCUT2D eigenvalue weighted by atomic mass is 10.3. The molecule has 0 spiro atoms. The maximum atomic E-state index is 6.00. The van der Waals surface area contributed by atoms with E-state index < -0.39 is 0 Å². The van der Waals surface area contributed by atoms with Gasteiger partial charge in [-0.2, -0.15) is 0 Å². The minimum absolute atomic E-state index is 0.426. The lowest BCUT2D eigenvalue weighted by Gasteiger charge is -2.09. The predicted octanol–water partition coefficient (Wildman–Crippen LogP) is 3.07. The summed E-state index contributed by atoms with van der Waals surface area (Å²) in [6.07, 6.45) is 2.28. The van der Waals surface area contributed by atoms with Crippen LogP contribution in [0.1, 0.15) is 12.6 Å². The molecular formula is C12H12ClN3O. The fourth-order valence-corrected chi connectivity index (χ4v) is 1.58. The van der Waals surface area contributed by atoms with E-state index in [2.05, 4.69) is 9.97 Å². The van der Waals surface area contributed by atoms with Crippen molar-refractivity contribution in [2.45, 2.75) is 13.3 Å². The number of hydrogen-bond donors (Lipinski definition) is 1. The Morgan fingerprint density at radius 3 is 2.88 bits per heavy atom. The van der Waals surface area contributed by atoms with Crippen molar-refractivity contribution in [1.82, 2.24) is 9.97 Å². The monoisotopic (exact) mass is 249 g/mol. The molecule has 88 valence electrons. The van der Waals surface area contributed by atoms with Gasteiger partial charge in [0.05, 0.1) is 10.7 Å². The first kappa shape index (κ1) is 11.7. The average molecular weight is 250 g/mol. The van der Waals surface area contributed by atoms with Crippen LogP contribution in [0.4, 0.5) is 5.69 Å². The molecule has 0 radical (unpaired) electrons. The minimum Gasteiger partial charge on any atom is -0.435 e. The van der Waals surface area contributed by atoms with E-state index >= 15 is 0 Å². The van der Waals surface area contributed by atoms with E-state index in [-0.39, 0.29) is 0 Å². The summed E-state index contributed by atoms with van der Waals surface area (Å²) in [6.45, 7) is 2.01. The number of nitrogens with zero attached hydrogens (tertiary/aromatic N) is 2. The molecule has 0 saturated carbocycles. The molecule has 5 heteroatoms. The molecule has 0 unspecified atom stereocenters. The Labute approximate surface area is 104 Å². The predicted molar refractivity (Wildman–Crippen MR) is 67.3 cm³/mol. The molecule has 2 N–H and O–H groups in total. The van der Waals surface area contributed by atoms with Crippen molar-refractivity contribution < 1.29 is 4.74 Å². The number of nitrogens with two attached hydrogens (primary N) is 1. The highest BCUT2D eigenvalue weighted by atomic mass is 35.5. The van der Waals surface area contributed by atoms with Gasteiger partial charge in [-0.25, -0.2) is 9.97 Å². The van der Waals surface area contributed by atoms with Crippen molar-refractivity contribution >= 4 is 17.3 Å². The molecule has 1 aromatic carbocycles. The van der Waals surface area contributed by atoms with Crippen molar-refractivity contribution in [3.05, 3.63) is 41.3 Å². The van der Waals surface area contributed by atoms with E-state index in [1.54, 1.807) is 24.3 Å². The second kappa shape index (κ2) is 5.01. The normalized spacial score (nSPS) is 10.2. The van der Waals surface area contributed by atoms with Crippen molar-refractivity contribution in [3.63, 3.8) is 0 Å². The summed E-state index contributed by atoms with van der Waals surface area (Å²) in [5.41, 5.74) is 7.17. The third-order valence-electron chi connectivity index (χ3n) is 2.26. The maximum Gasteiger partial charge on any atom is 0.222 e. The second-order valence-corrected chi connectivity index (χ2v) is 3.87. The van der Waals surface area contributed by atoms with E-state index in [9.17, 15) is 0 Å². The first-order valence-corrected chi connectivity index (χ1v) is 5.61. The highest BCUT2D eigenvalue weighted by Gasteiger charge is 2.08. The average Bonchev–Trinajstić information content (AvgIpc) is 2.34. The first-order valence-electron chi connectivity index (χ1n) is 5.23. The summed E-state index contributed by atoms with van der Waals surface area (Å²) in [5, 5.41) is 0.460. The third kappa shape index (κ3) is 2.65. The quantitative estimate of drug-likeness (QED) is 0.850. The molecule has 1 aromatic heterocycles. The summed E-state index contributed by atoms with van der Waals surface area (Å²) < 4.78 is 5.57. The van der Waals surface area contributed by atoms with Crippen molar-refractivity contribution in [2.24, 2.45) is 0 Å². The lowest BCUT2D eigenvalue weighted by molar-refractivity contribution is 0.462. The molecule has 17 heavy (non-hydrogen) atoms. The number of aryl methyl sites for hydroxylation is 1. The Morgan fingerprint density at radius 2 is 2.18 bits per heavy atom. The van der Waals surface area contributed by atoms with Crippen LogP contribution < -0.4 is 10.5 Å². The number of hydrogen-bond acceptors (Lipinski definition) is 4. The molecule has 0 bridgehead atoms. The van der Waals surface area contributed by atoms with Crippen LogP contribution >= 0.6 is 11.6 Å². The third-order valence-corrected chi connectivity index (χ3v) is 2.56. The number of aromatic nitrogens is 2. The van der Waals surface area contributed by atoms with Crippen LogP contribution in [0.5, 0.6) is 11.6 Å². The molecule has 1 heterocycles. The zero-order chi connectivity index (χ0) is 12.3. The van der Waals surface area contributed by atoms with Crippen molar-refractivity contribution in [3.8, 4) is 11.6 Å². The van der Waals surface area contributed by atoms with E-state index in [4.69, 9.17) is 22.1 Å². The fraction of sp³-hybridized carbons (Fsp3) is 0.167. The summed E-state index contributed by atoms with van der Waals surface area (Å²) in [6, 6.07) is 6.98. The highest BCUT2D eigenvalue weighted by Crippen LogP contribution is 2.33. The number of ether oxygens (including phenoxy) is 1. The van der Waals surface area contributed by atoms with E-state index in [0.717, 1.165) is 12.1 Å². The number of nitrogen functional groups attached to an aromatic ring is 1. The molecule has 0 fully saturated rings. The molecule has 0 aliphatic carbocycles. The zero-order valence-electron chi connectivity index (χ0n) is 9.35. The van der Waals surface area contributed by atoms with Gasteiger partial charge in [-0.1, -0.05) is 24.6 Å². The van der Waals surface area contributed by atoms with Crippen LogP contribution in [-0.4, -0.2) is 9.97 Å². The van der Waals surface area contributed by atoms with E-state index in [1.165, 1.54) is 6.33 Å². The van der Waals surface area contributed by atoms with Crippen LogP contribution in [0, 0.1) is 0 Å². The number of rotatable bonds is 3. The lowest BCUT2D eigenvalue weighted by Crippen LogP contribution is -1.96. The summed E-state index contributed by atoms with van der Waals surface area (Å²) in [5.74, 6) is 0.867. The first-order chi connectivity index (χ1) is 8.20. The molecule has 2 rings (SSSR count). The summed E-state index contributed by atoms with van der Waals surface area (Å²) in [7, 11) is 0. The molecule has 0 atom stereocenters. The Hall–Kier alpha value is -1.81. The van der Waals surface area contributed by atoms with Gasteiger partial charge in [0.1, 0.15) is 6.33 Å². The van der Waals surface area contributed by atoms with Crippen molar-refractivity contribution in [1.29, 1.82) is 0 Å². The van der Waals surface area contributed by atoms with Crippen molar-refractivity contribution in [2.75, 3.05) is 5.73 Å². The van der Waals surface area contributed by atoms with Gasteiger partial charge in [0.2, 0.25) is 5.88 Å². The SMILES string of the molecule is CCc1cc(Oc2c(N)cccc2Cl)ncn1. The smallest absolute Gasteiger partial charge is 0.222 e. The Morgan fingerprint density at radius 1 is 1.35 bits per heavy atom. The second-order valence-electron chi connectivity index (χ2n) is 3.46. The largest absolute Gasteiger partial charge is 0.435 e. The number of anilines is 1. The van der Waals surface area contributed by atoms with Gasteiger partial charge < -0.3 is 10.5 Å². The summed E-state index contributed by atoms with van der Waals surface area (Å²) in [4.78, 5) is 8.11. The van der Waals surface area contributed by atoms with Crippen LogP contribution in [0.2, 0.25) is 5.02 Å². The van der Waals surface area contributed by atoms with E-state index in [1.807, 2.05) is 6.92 Å². The van der Waals surface area contributed by atoms with Crippen LogP contribution in [-0.2, 0) is 6.42 Å². The van der Waals surface area contributed by atoms with Crippen LogP contribution in [0.25, 0.3) is 0 Å². The molecule has 0 aliphatic rings. The van der Waals surface area contributed by atoms with Gasteiger partial charge in [-0.3, -0.25) is 0 Å². The standard InChI is InChI=1S/C12H12ClN3O/c1-2-8-6-11(16-7-15-8)17-12-9(13)4-3-5-10(12)14/h3-7H,2,14H2,1H3. The minimum atomic E-state index is 0.426. The number of para-hydroxylation sites is 1. The van der Waals surface area contributed by atoms with Gasteiger partial charge in [0, 0.05) is 11.8 Å². The molecule has 0 saturated heterocycles. The van der Waals surface area contributed by atoms with Gasteiger partial charge in [-0.05, 0) is 18.6 Å². The molecule has 0 aliphatic heterocycles. The van der Waals surface area contributed by atoms with Crippen LogP contribution in [0.3, 0.4) is 0 Å². The van der Waals surface area contributed by atoms with Crippen LogP contribution in [0.15, 0.2) is 30.6 Å².